The van der Waals surface area contributed by atoms with Crippen LogP contribution in [-0.4, -0.2) is 55.5 Å². The summed E-state index contributed by atoms with van der Waals surface area (Å²) >= 11 is 12.6. The summed E-state index contributed by atoms with van der Waals surface area (Å²) in [6.45, 7) is 8.13. The van der Waals surface area contributed by atoms with Gasteiger partial charge in [0.1, 0.15) is 5.82 Å². The van der Waals surface area contributed by atoms with E-state index in [1.165, 1.54) is 0 Å². The van der Waals surface area contributed by atoms with Crippen molar-refractivity contribution in [1.29, 1.82) is 0 Å². The molecule has 206 valence electrons. The Bertz CT molecular complexity index is 1350. The van der Waals surface area contributed by atoms with E-state index in [1.54, 1.807) is 12.1 Å². The van der Waals surface area contributed by atoms with Crippen molar-refractivity contribution in [1.82, 2.24) is 9.80 Å². The van der Waals surface area contributed by atoms with Gasteiger partial charge in [-0.3, -0.25) is 4.79 Å². The van der Waals surface area contributed by atoms with Gasteiger partial charge in [-0.05, 0) is 94.7 Å². The van der Waals surface area contributed by atoms with Crippen molar-refractivity contribution >= 4 is 34.8 Å². The normalized spacial score (nSPS) is 17.1. The number of rotatable bonds is 7. The SMILES string of the molecule is Cc1cc(C)cc(C(=O)N(C)CC(CCN2CCC3(CC2)CNc2cccc(F)c23)c2ccc(Cl)c(Cl)c2)c1. The predicted molar refractivity (Wildman–Crippen MR) is 159 cm³/mol. The van der Waals surface area contributed by atoms with E-state index < -0.39 is 0 Å². The number of hydrogen-bond acceptors (Lipinski definition) is 3. The predicted octanol–water partition coefficient (Wildman–Crippen LogP) is 7.45. The van der Waals surface area contributed by atoms with Crippen molar-refractivity contribution in [3.63, 3.8) is 0 Å². The highest BCUT2D eigenvalue weighted by Gasteiger charge is 2.43. The average Bonchev–Trinajstić information content (AvgIpc) is 3.27. The third-order valence-electron chi connectivity index (χ3n) is 8.49. The maximum absolute atomic E-state index is 14.8. The topological polar surface area (TPSA) is 35.6 Å². The lowest BCUT2D eigenvalue weighted by molar-refractivity contribution is 0.0780. The van der Waals surface area contributed by atoms with Gasteiger partial charge >= 0.3 is 0 Å². The van der Waals surface area contributed by atoms with Crippen molar-refractivity contribution in [3.8, 4) is 0 Å². The summed E-state index contributed by atoms with van der Waals surface area (Å²) < 4.78 is 14.8. The van der Waals surface area contributed by atoms with Crippen LogP contribution in [0.3, 0.4) is 0 Å². The fourth-order valence-corrected chi connectivity index (χ4v) is 6.70. The summed E-state index contributed by atoms with van der Waals surface area (Å²) in [6.07, 6.45) is 2.73. The largest absolute Gasteiger partial charge is 0.384 e. The Labute approximate surface area is 241 Å². The van der Waals surface area contributed by atoms with E-state index in [1.807, 2.05) is 62.2 Å². The van der Waals surface area contributed by atoms with Gasteiger partial charge in [0.2, 0.25) is 0 Å². The molecule has 0 aromatic heterocycles. The van der Waals surface area contributed by atoms with Gasteiger partial charge in [-0.15, -0.1) is 0 Å². The molecule has 0 aliphatic carbocycles. The van der Waals surface area contributed by atoms with Crippen LogP contribution in [0.25, 0.3) is 0 Å². The molecule has 7 heteroatoms. The van der Waals surface area contributed by atoms with Crippen molar-refractivity contribution in [2.24, 2.45) is 0 Å². The molecular weight excluding hydrogens is 532 g/mol. The summed E-state index contributed by atoms with van der Waals surface area (Å²) in [5.74, 6) is 0.0187. The first-order valence-electron chi connectivity index (χ1n) is 13.7. The van der Waals surface area contributed by atoms with Crippen LogP contribution in [0, 0.1) is 19.7 Å². The van der Waals surface area contributed by atoms with Crippen LogP contribution in [0.1, 0.15) is 57.8 Å². The number of anilines is 1. The second-order valence-electron chi connectivity index (χ2n) is 11.4. The molecule has 2 aliphatic heterocycles. The van der Waals surface area contributed by atoms with Crippen LogP contribution in [-0.2, 0) is 5.41 Å². The number of halogens is 3. The molecule has 2 heterocycles. The monoisotopic (exact) mass is 567 g/mol. The van der Waals surface area contributed by atoms with Crippen molar-refractivity contribution in [2.45, 2.75) is 44.4 Å². The molecule has 1 amide bonds. The van der Waals surface area contributed by atoms with Gasteiger partial charge in [-0.25, -0.2) is 4.39 Å². The van der Waals surface area contributed by atoms with Gasteiger partial charge in [0.15, 0.2) is 0 Å². The fourth-order valence-electron chi connectivity index (χ4n) is 6.39. The van der Waals surface area contributed by atoms with E-state index >= 15 is 0 Å². The van der Waals surface area contributed by atoms with Crippen LogP contribution < -0.4 is 5.32 Å². The number of benzene rings is 3. The van der Waals surface area contributed by atoms with Crippen LogP contribution in [0.5, 0.6) is 0 Å². The molecule has 1 fully saturated rings. The van der Waals surface area contributed by atoms with Crippen molar-refractivity contribution in [3.05, 3.63) is 98.3 Å². The zero-order chi connectivity index (χ0) is 27.7. The maximum Gasteiger partial charge on any atom is 0.253 e. The molecule has 5 rings (SSSR count). The van der Waals surface area contributed by atoms with Gasteiger partial charge < -0.3 is 15.1 Å². The Kier molecular flexibility index (Phi) is 8.23. The molecule has 0 radical (unpaired) electrons. The first-order valence-corrected chi connectivity index (χ1v) is 14.4. The smallest absolute Gasteiger partial charge is 0.253 e. The van der Waals surface area contributed by atoms with Crippen LogP contribution in [0.2, 0.25) is 10.0 Å². The summed E-state index contributed by atoms with van der Waals surface area (Å²) in [5.41, 5.74) is 5.63. The molecule has 1 saturated heterocycles. The van der Waals surface area contributed by atoms with Gasteiger partial charge in [0.25, 0.3) is 5.91 Å². The molecule has 1 atom stereocenters. The summed E-state index contributed by atoms with van der Waals surface area (Å²) in [5, 5.41) is 4.48. The van der Waals surface area contributed by atoms with E-state index in [4.69, 9.17) is 23.2 Å². The minimum Gasteiger partial charge on any atom is -0.384 e. The van der Waals surface area contributed by atoms with Crippen LogP contribution in [0.15, 0.2) is 54.6 Å². The summed E-state index contributed by atoms with van der Waals surface area (Å²) in [6, 6.07) is 17.1. The summed E-state index contributed by atoms with van der Waals surface area (Å²) in [4.78, 5) is 17.6. The Morgan fingerprint density at radius 2 is 1.77 bits per heavy atom. The highest BCUT2D eigenvalue weighted by Crippen LogP contribution is 2.45. The highest BCUT2D eigenvalue weighted by atomic mass is 35.5. The van der Waals surface area contributed by atoms with E-state index in [0.717, 1.165) is 73.4 Å². The van der Waals surface area contributed by atoms with Crippen molar-refractivity contribution < 1.29 is 9.18 Å². The number of fused-ring (bicyclic) bond motifs is 2. The van der Waals surface area contributed by atoms with E-state index in [-0.39, 0.29) is 23.1 Å². The third kappa shape index (κ3) is 5.96. The highest BCUT2D eigenvalue weighted by molar-refractivity contribution is 6.42. The Morgan fingerprint density at radius 3 is 2.46 bits per heavy atom. The number of likely N-dealkylation sites (tertiary alicyclic amines) is 1. The molecule has 2 aliphatic rings. The Balaban J connectivity index is 1.27. The number of carbonyl (C=O) groups excluding carboxylic acids is 1. The maximum atomic E-state index is 14.8. The standard InChI is InChI=1S/C32H36Cl2FN3O/c1-21-15-22(2)17-25(16-21)31(39)37(3)19-24(23-7-8-26(33)27(34)18-23)9-12-38-13-10-32(11-14-38)20-36-29-6-4-5-28(35)30(29)32/h4-8,15-18,24,36H,9-14,19-20H2,1-3H3. The lowest BCUT2D eigenvalue weighted by Gasteiger charge is -2.40. The fraction of sp³-hybridized carbons (Fsp3) is 0.406. The van der Waals surface area contributed by atoms with Gasteiger partial charge in [0, 0.05) is 48.3 Å². The molecule has 3 aromatic rings. The first kappa shape index (κ1) is 27.9. The van der Waals surface area contributed by atoms with Crippen LogP contribution >= 0.6 is 23.2 Å². The van der Waals surface area contributed by atoms with Crippen molar-refractivity contribution in [2.75, 3.05) is 45.1 Å². The van der Waals surface area contributed by atoms with Gasteiger partial charge in [-0.1, -0.05) is 52.5 Å². The quantitative estimate of drug-likeness (QED) is 0.322. The number of aryl methyl sites for hydroxylation is 2. The lowest BCUT2D eigenvalue weighted by atomic mass is 9.74. The lowest BCUT2D eigenvalue weighted by Crippen LogP contribution is -2.44. The molecule has 4 nitrogen and oxygen atoms in total. The van der Waals surface area contributed by atoms with Crippen LogP contribution in [0.4, 0.5) is 10.1 Å². The molecular formula is C32H36Cl2FN3O. The second-order valence-corrected chi connectivity index (χ2v) is 12.2. The Morgan fingerprint density at radius 1 is 1.05 bits per heavy atom. The number of piperidine rings is 1. The molecule has 39 heavy (non-hydrogen) atoms. The molecule has 0 bridgehead atoms. The van der Waals surface area contributed by atoms with Gasteiger partial charge in [-0.2, -0.15) is 0 Å². The number of likely N-dealkylation sites (N-methyl/N-ethyl adjacent to an activating group) is 1. The molecule has 1 unspecified atom stereocenters. The number of hydrogen-bond donors (Lipinski definition) is 1. The number of nitrogens with zero attached hydrogens (tertiary/aromatic N) is 2. The third-order valence-corrected chi connectivity index (χ3v) is 9.23. The number of carbonyl (C=O) groups is 1. The second kappa shape index (κ2) is 11.5. The summed E-state index contributed by atoms with van der Waals surface area (Å²) in [7, 11) is 1.87. The number of nitrogens with one attached hydrogen (secondary N) is 1. The minimum absolute atomic E-state index is 0.0150. The first-order chi connectivity index (χ1) is 18.6. The number of amides is 1. The van der Waals surface area contributed by atoms with E-state index in [2.05, 4.69) is 16.3 Å². The van der Waals surface area contributed by atoms with E-state index in [9.17, 15) is 9.18 Å². The zero-order valence-electron chi connectivity index (χ0n) is 22.9. The average molecular weight is 569 g/mol. The molecule has 3 aromatic carbocycles. The van der Waals surface area contributed by atoms with Gasteiger partial charge in [0.05, 0.1) is 10.0 Å². The molecule has 0 saturated carbocycles. The molecule has 1 N–H and O–H groups in total. The van der Waals surface area contributed by atoms with E-state index in [0.29, 0.717) is 22.2 Å². The Hall–Kier alpha value is -2.60. The minimum atomic E-state index is -0.126. The zero-order valence-corrected chi connectivity index (χ0v) is 24.4. The molecule has 1 spiro atoms.